The van der Waals surface area contributed by atoms with Gasteiger partial charge in [-0.2, -0.15) is 8.78 Å². The number of halogens is 4. The molecule has 0 saturated carbocycles. The molecular weight excluding hydrogens is 328 g/mol. The Bertz CT molecular complexity index is 809. The molecule has 0 N–H and O–H groups in total. The first-order valence-corrected chi connectivity index (χ1v) is 6.79. The Balaban J connectivity index is 2.07. The van der Waals surface area contributed by atoms with Crippen LogP contribution >= 0.6 is 0 Å². The van der Waals surface area contributed by atoms with Crippen molar-refractivity contribution in [3.05, 3.63) is 66.0 Å². The summed E-state index contributed by atoms with van der Waals surface area (Å²) in [5, 5.41) is 10.2. The lowest BCUT2D eigenvalue weighted by Crippen LogP contribution is -2.30. The van der Waals surface area contributed by atoms with Crippen LogP contribution in [0.25, 0.3) is 0 Å². The van der Waals surface area contributed by atoms with Gasteiger partial charge < -0.3 is 0 Å². The van der Waals surface area contributed by atoms with Crippen molar-refractivity contribution >= 4 is 0 Å². The third kappa shape index (κ3) is 3.07. The molecule has 2 heterocycles. The van der Waals surface area contributed by atoms with E-state index in [2.05, 4.69) is 25.5 Å². The van der Waals surface area contributed by atoms with Crippen LogP contribution in [0.5, 0.6) is 0 Å². The highest BCUT2D eigenvalue weighted by molar-refractivity contribution is 5.26. The molecule has 0 spiro atoms. The van der Waals surface area contributed by atoms with Crippen molar-refractivity contribution in [3.63, 3.8) is 0 Å². The molecule has 2 aromatic heterocycles. The minimum Gasteiger partial charge on any atom is -0.236 e. The van der Waals surface area contributed by atoms with Crippen LogP contribution in [-0.2, 0) is 12.5 Å². The Hall–Kier alpha value is -2.91. The van der Waals surface area contributed by atoms with Gasteiger partial charge in [-0.1, -0.05) is 6.07 Å². The molecule has 24 heavy (non-hydrogen) atoms. The maximum Gasteiger partial charge on any atom is 0.315 e. The Labute approximate surface area is 133 Å². The van der Waals surface area contributed by atoms with Crippen molar-refractivity contribution in [2.45, 2.75) is 18.4 Å². The topological polar surface area (TPSA) is 69.4 Å². The third-order valence-electron chi connectivity index (χ3n) is 3.40. The number of aromatic nitrogens is 6. The van der Waals surface area contributed by atoms with E-state index in [9.17, 15) is 17.6 Å². The smallest absolute Gasteiger partial charge is 0.236 e. The summed E-state index contributed by atoms with van der Waals surface area (Å²) in [4.78, 5) is 7.11. The monoisotopic (exact) mass is 338 g/mol. The summed E-state index contributed by atoms with van der Waals surface area (Å²) in [5.74, 6) is -8.09. The molecule has 0 fully saturated rings. The summed E-state index contributed by atoms with van der Waals surface area (Å²) < 4.78 is 58.1. The van der Waals surface area contributed by atoms with E-state index in [4.69, 9.17) is 0 Å². The fraction of sp³-hybridized carbons (Fsp3) is 0.214. The normalized spacial score (nSPS) is 13.0. The van der Waals surface area contributed by atoms with E-state index in [0.29, 0.717) is 6.07 Å². The second kappa shape index (κ2) is 6.30. The van der Waals surface area contributed by atoms with E-state index < -0.39 is 35.8 Å². The number of alkyl halides is 2. The minimum atomic E-state index is -3.63. The highest BCUT2D eigenvalue weighted by atomic mass is 19.3. The van der Waals surface area contributed by atoms with Gasteiger partial charge in [-0.3, -0.25) is 0 Å². The molecule has 3 rings (SSSR count). The SMILES string of the molecule is Fc1ccc(C(Cn2cnnn2)C(F)(F)c2ncccn2)c(F)c1. The van der Waals surface area contributed by atoms with Gasteiger partial charge in [-0.05, 0) is 28.1 Å². The maximum atomic E-state index is 14.9. The lowest BCUT2D eigenvalue weighted by molar-refractivity contribution is -0.0499. The first-order chi connectivity index (χ1) is 11.5. The molecule has 0 aliphatic heterocycles. The predicted molar refractivity (Wildman–Crippen MR) is 72.8 cm³/mol. The number of rotatable bonds is 5. The van der Waals surface area contributed by atoms with E-state index >= 15 is 0 Å². The van der Waals surface area contributed by atoms with Crippen LogP contribution < -0.4 is 0 Å². The van der Waals surface area contributed by atoms with Crippen molar-refractivity contribution in [2.24, 2.45) is 0 Å². The highest BCUT2D eigenvalue weighted by Gasteiger charge is 2.46. The zero-order chi connectivity index (χ0) is 17.2. The van der Waals surface area contributed by atoms with Gasteiger partial charge in [0.2, 0.25) is 0 Å². The molecule has 0 radical (unpaired) electrons. The van der Waals surface area contributed by atoms with E-state index in [1.54, 1.807) is 0 Å². The van der Waals surface area contributed by atoms with E-state index in [1.807, 2.05) is 0 Å². The van der Waals surface area contributed by atoms with Gasteiger partial charge >= 0.3 is 5.92 Å². The molecule has 10 heteroatoms. The van der Waals surface area contributed by atoms with Gasteiger partial charge in [0, 0.05) is 18.5 Å². The molecule has 1 aromatic carbocycles. The van der Waals surface area contributed by atoms with Crippen LogP contribution in [0.4, 0.5) is 17.6 Å². The van der Waals surface area contributed by atoms with Crippen molar-refractivity contribution < 1.29 is 17.6 Å². The van der Waals surface area contributed by atoms with Gasteiger partial charge in [-0.15, -0.1) is 5.10 Å². The summed E-state index contributed by atoms with van der Waals surface area (Å²) in [6.45, 7) is -0.444. The van der Waals surface area contributed by atoms with Gasteiger partial charge in [0.15, 0.2) is 5.82 Å². The standard InChI is InChI=1S/C14H10F4N6/c15-9-2-3-10(12(16)6-9)11(7-24-8-21-22-23-24)14(17,18)13-19-4-1-5-20-13/h1-6,8,11H,7H2. The molecule has 1 unspecified atom stereocenters. The molecule has 0 bridgehead atoms. The van der Waals surface area contributed by atoms with Crippen molar-refractivity contribution in [3.8, 4) is 0 Å². The van der Waals surface area contributed by atoms with Crippen molar-refractivity contribution in [1.29, 1.82) is 0 Å². The molecule has 6 nitrogen and oxygen atoms in total. The molecular formula is C14H10F4N6. The quantitative estimate of drug-likeness (QED) is 0.668. The number of nitrogens with zero attached hydrogens (tertiary/aromatic N) is 6. The van der Waals surface area contributed by atoms with Gasteiger partial charge in [0.1, 0.15) is 18.0 Å². The van der Waals surface area contributed by atoms with Gasteiger partial charge in [-0.25, -0.2) is 23.4 Å². The largest absolute Gasteiger partial charge is 0.315 e. The molecule has 0 saturated heterocycles. The molecule has 1 atom stereocenters. The van der Waals surface area contributed by atoms with E-state index in [-0.39, 0.29) is 5.56 Å². The van der Waals surface area contributed by atoms with Crippen molar-refractivity contribution in [2.75, 3.05) is 0 Å². The Kier molecular flexibility index (Phi) is 4.19. The minimum absolute atomic E-state index is 0.385. The van der Waals surface area contributed by atoms with Crippen molar-refractivity contribution in [1.82, 2.24) is 30.2 Å². The number of hydrogen-bond donors (Lipinski definition) is 0. The third-order valence-corrected chi connectivity index (χ3v) is 3.40. The van der Waals surface area contributed by atoms with Crippen LogP contribution in [0, 0.1) is 11.6 Å². The van der Waals surface area contributed by atoms with Crippen LogP contribution in [0.15, 0.2) is 43.0 Å². The van der Waals surface area contributed by atoms with Crippen LogP contribution in [-0.4, -0.2) is 30.2 Å². The summed E-state index contributed by atoms with van der Waals surface area (Å²) in [6.07, 6.45) is 3.44. The number of benzene rings is 1. The zero-order valence-corrected chi connectivity index (χ0v) is 12.0. The lowest BCUT2D eigenvalue weighted by Gasteiger charge is -2.26. The fourth-order valence-corrected chi connectivity index (χ4v) is 2.27. The van der Waals surface area contributed by atoms with Gasteiger partial charge in [0.05, 0.1) is 12.5 Å². The Morgan fingerprint density at radius 2 is 1.88 bits per heavy atom. The molecule has 0 amide bonds. The van der Waals surface area contributed by atoms with Crippen LogP contribution in [0.2, 0.25) is 0 Å². The summed E-state index contributed by atoms with van der Waals surface area (Å²) in [5.41, 5.74) is -0.385. The van der Waals surface area contributed by atoms with E-state index in [0.717, 1.165) is 35.5 Å². The Morgan fingerprint density at radius 3 is 2.50 bits per heavy atom. The van der Waals surface area contributed by atoms with Gasteiger partial charge in [0.25, 0.3) is 0 Å². The Morgan fingerprint density at radius 1 is 1.12 bits per heavy atom. The number of tetrazole rings is 1. The molecule has 124 valence electrons. The average Bonchev–Trinajstić information content (AvgIpc) is 3.07. The van der Waals surface area contributed by atoms with Crippen LogP contribution in [0.1, 0.15) is 17.3 Å². The fourth-order valence-electron chi connectivity index (χ4n) is 2.27. The van der Waals surface area contributed by atoms with Crippen LogP contribution in [0.3, 0.4) is 0 Å². The molecule has 0 aliphatic rings. The summed E-state index contributed by atoms with van der Waals surface area (Å²) in [7, 11) is 0. The molecule has 0 aliphatic carbocycles. The van der Waals surface area contributed by atoms with E-state index in [1.165, 1.54) is 6.07 Å². The average molecular weight is 338 g/mol. The lowest BCUT2D eigenvalue weighted by atomic mass is 9.91. The second-order valence-electron chi connectivity index (χ2n) is 4.95. The first kappa shape index (κ1) is 16.0. The predicted octanol–water partition coefficient (Wildman–Crippen LogP) is 2.32. The molecule has 3 aromatic rings. The summed E-state index contributed by atoms with van der Waals surface area (Å²) in [6, 6.07) is 3.81. The summed E-state index contributed by atoms with van der Waals surface area (Å²) >= 11 is 0. The zero-order valence-electron chi connectivity index (χ0n) is 12.0. The maximum absolute atomic E-state index is 14.9. The second-order valence-corrected chi connectivity index (χ2v) is 4.95. The first-order valence-electron chi connectivity index (χ1n) is 6.79. The number of hydrogen-bond acceptors (Lipinski definition) is 5. The highest BCUT2D eigenvalue weighted by Crippen LogP contribution is 2.42.